The maximum atomic E-state index is 12.4. The van der Waals surface area contributed by atoms with Crippen LogP contribution < -0.4 is 5.48 Å². The van der Waals surface area contributed by atoms with Crippen LogP contribution in [0.15, 0.2) is 59.1 Å². The van der Waals surface area contributed by atoms with Gasteiger partial charge in [-0.25, -0.2) is 4.79 Å². The second kappa shape index (κ2) is 7.40. The summed E-state index contributed by atoms with van der Waals surface area (Å²) < 4.78 is 38.2. The van der Waals surface area contributed by atoms with Gasteiger partial charge in [-0.3, -0.25) is 0 Å². The minimum absolute atomic E-state index is 0.0136. The van der Waals surface area contributed by atoms with Crippen LogP contribution in [0.1, 0.15) is 29.9 Å². The van der Waals surface area contributed by atoms with Gasteiger partial charge in [-0.1, -0.05) is 58.4 Å². The van der Waals surface area contributed by atoms with E-state index < -0.39 is 17.7 Å². The van der Waals surface area contributed by atoms with E-state index in [0.29, 0.717) is 19.3 Å². The predicted molar refractivity (Wildman–Crippen MR) is 94.3 cm³/mol. The van der Waals surface area contributed by atoms with Gasteiger partial charge in [-0.05, 0) is 42.5 Å². The third kappa shape index (κ3) is 4.45. The van der Waals surface area contributed by atoms with E-state index in [1.807, 2.05) is 54.6 Å². The molecular formula is C19H17BrF3NO2. The molecule has 0 aliphatic heterocycles. The van der Waals surface area contributed by atoms with Gasteiger partial charge in [0, 0.05) is 10.4 Å². The molecule has 0 bridgehead atoms. The summed E-state index contributed by atoms with van der Waals surface area (Å²) in [6.45, 7) is 0. The van der Waals surface area contributed by atoms with Crippen LogP contribution in [0.5, 0.6) is 0 Å². The quantitative estimate of drug-likeness (QED) is 0.665. The maximum Gasteiger partial charge on any atom is 0.492 e. The van der Waals surface area contributed by atoms with E-state index in [1.165, 1.54) is 0 Å². The average molecular weight is 428 g/mol. The van der Waals surface area contributed by atoms with Crippen LogP contribution in [0, 0.1) is 0 Å². The summed E-state index contributed by atoms with van der Waals surface area (Å²) in [6.07, 6.45) is -3.18. The van der Waals surface area contributed by atoms with Gasteiger partial charge in [0.05, 0.1) is 5.54 Å². The highest BCUT2D eigenvalue weighted by molar-refractivity contribution is 9.10. The van der Waals surface area contributed by atoms with Gasteiger partial charge in [-0.15, -0.1) is 5.48 Å². The zero-order chi connectivity index (χ0) is 18.8. The zero-order valence-electron chi connectivity index (χ0n) is 13.7. The van der Waals surface area contributed by atoms with Gasteiger partial charge < -0.3 is 4.84 Å². The fourth-order valence-corrected chi connectivity index (χ4v) is 3.36. The number of aryl methyl sites for hydroxylation is 1. The molecule has 3 nitrogen and oxygen atoms in total. The lowest BCUT2D eigenvalue weighted by molar-refractivity contribution is -0.209. The van der Waals surface area contributed by atoms with E-state index >= 15 is 0 Å². The Labute approximate surface area is 157 Å². The van der Waals surface area contributed by atoms with Crippen molar-refractivity contribution in [3.63, 3.8) is 0 Å². The van der Waals surface area contributed by atoms with E-state index in [2.05, 4.69) is 26.2 Å². The summed E-state index contributed by atoms with van der Waals surface area (Å²) in [5, 5.41) is 0. The van der Waals surface area contributed by atoms with Crippen LogP contribution in [-0.4, -0.2) is 17.7 Å². The molecule has 1 aliphatic carbocycles. The van der Waals surface area contributed by atoms with Crippen molar-refractivity contribution in [3.05, 3.63) is 70.2 Å². The molecule has 2 aromatic carbocycles. The molecule has 26 heavy (non-hydrogen) atoms. The Kier molecular flexibility index (Phi) is 5.39. The van der Waals surface area contributed by atoms with Crippen molar-refractivity contribution in [1.29, 1.82) is 0 Å². The number of carbonyl (C=O) groups excluding carboxylic acids is 1. The lowest BCUT2D eigenvalue weighted by Crippen LogP contribution is -2.40. The molecule has 1 fully saturated rings. The van der Waals surface area contributed by atoms with Gasteiger partial charge in [0.1, 0.15) is 0 Å². The van der Waals surface area contributed by atoms with Crippen LogP contribution in [0.25, 0.3) is 0 Å². The Morgan fingerprint density at radius 3 is 2.42 bits per heavy atom. The molecule has 1 N–H and O–H groups in total. The fourth-order valence-electron chi connectivity index (χ4n) is 3.10. The number of hydrogen-bond donors (Lipinski definition) is 1. The lowest BCUT2D eigenvalue weighted by Gasteiger charge is -2.19. The number of halogens is 4. The van der Waals surface area contributed by atoms with E-state index in [4.69, 9.17) is 0 Å². The molecule has 0 heterocycles. The Morgan fingerprint density at radius 1 is 1.15 bits per heavy atom. The Bertz CT molecular complexity index is 765. The molecule has 1 aliphatic rings. The molecule has 3 rings (SSSR count). The van der Waals surface area contributed by atoms with Crippen LogP contribution in [0.3, 0.4) is 0 Å². The summed E-state index contributed by atoms with van der Waals surface area (Å²) in [5.74, 6) is -2.24. The first-order valence-corrected chi connectivity index (χ1v) is 8.94. The standard InChI is InChI=1S/C19H17BrF3NO2/c20-15-8-6-14(7-9-15)16-12-18(16,24-26-17(25)19(21,22)23)11-10-13-4-2-1-3-5-13/h1-9,16,24H,10-12H2. The smallest absolute Gasteiger partial charge is 0.363 e. The van der Waals surface area contributed by atoms with Gasteiger partial charge in [0.2, 0.25) is 0 Å². The number of hydrogen-bond acceptors (Lipinski definition) is 3. The van der Waals surface area contributed by atoms with Crippen molar-refractivity contribution in [2.45, 2.75) is 36.9 Å². The highest BCUT2D eigenvalue weighted by atomic mass is 79.9. The van der Waals surface area contributed by atoms with Gasteiger partial charge >= 0.3 is 12.1 Å². The first-order chi connectivity index (χ1) is 12.3. The first-order valence-electron chi connectivity index (χ1n) is 8.15. The van der Waals surface area contributed by atoms with Crippen LogP contribution in [-0.2, 0) is 16.1 Å². The van der Waals surface area contributed by atoms with Crippen molar-refractivity contribution >= 4 is 21.9 Å². The van der Waals surface area contributed by atoms with E-state index in [9.17, 15) is 18.0 Å². The summed E-state index contributed by atoms with van der Waals surface area (Å²) in [7, 11) is 0. The third-order valence-corrected chi connectivity index (χ3v) is 5.16. The van der Waals surface area contributed by atoms with Crippen molar-refractivity contribution in [1.82, 2.24) is 5.48 Å². The number of benzene rings is 2. The molecule has 0 spiro atoms. The molecule has 2 aromatic rings. The maximum absolute atomic E-state index is 12.4. The summed E-state index contributed by atoms with van der Waals surface area (Å²) in [5.41, 5.74) is 3.82. The molecule has 0 aromatic heterocycles. The van der Waals surface area contributed by atoms with Crippen LogP contribution >= 0.6 is 15.9 Å². The normalized spacial score (nSPS) is 22.1. The number of rotatable bonds is 6. The summed E-state index contributed by atoms with van der Waals surface area (Å²) in [6, 6.07) is 17.3. The Balaban J connectivity index is 1.72. The highest BCUT2D eigenvalue weighted by Gasteiger charge is 2.56. The third-order valence-electron chi connectivity index (χ3n) is 4.63. The van der Waals surface area contributed by atoms with Gasteiger partial charge in [0.15, 0.2) is 0 Å². The topological polar surface area (TPSA) is 38.3 Å². The minimum Gasteiger partial charge on any atom is -0.363 e. The molecule has 138 valence electrons. The van der Waals surface area contributed by atoms with Crippen molar-refractivity contribution in [3.8, 4) is 0 Å². The first kappa shape index (κ1) is 18.9. The Morgan fingerprint density at radius 2 is 1.81 bits per heavy atom. The average Bonchev–Trinajstić information content (AvgIpc) is 3.33. The molecule has 2 atom stereocenters. The monoisotopic (exact) mass is 427 g/mol. The Hall–Kier alpha value is -1.86. The largest absolute Gasteiger partial charge is 0.492 e. The minimum atomic E-state index is -5.02. The predicted octanol–water partition coefficient (Wildman–Crippen LogP) is 4.92. The fraction of sp³-hybridized carbons (Fsp3) is 0.316. The van der Waals surface area contributed by atoms with Crippen molar-refractivity contribution < 1.29 is 22.8 Å². The van der Waals surface area contributed by atoms with Crippen molar-refractivity contribution in [2.24, 2.45) is 0 Å². The number of hydroxylamine groups is 1. The molecule has 0 amide bonds. The van der Waals surface area contributed by atoms with Gasteiger partial charge in [-0.2, -0.15) is 13.2 Å². The van der Waals surface area contributed by atoms with E-state index in [0.717, 1.165) is 15.6 Å². The molecule has 0 saturated heterocycles. The van der Waals surface area contributed by atoms with Crippen LogP contribution in [0.2, 0.25) is 0 Å². The second-order valence-electron chi connectivity index (χ2n) is 6.44. The SMILES string of the molecule is O=C(ONC1(CCc2ccccc2)CC1c1ccc(Br)cc1)C(F)(F)F. The summed E-state index contributed by atoms with van der Waals surface area (Å²) >= 11 is 3.37. The van der Waals surface area contributed by atoms with E-state index in [1.54, 1.807) is 0 Å². The van der Waals surface area contributed by atoms with Crippen molar-refractivity contribution in [2.75, 3.05) is 0 Å². The molecular weight excluding hydrogens is 411 g/mol. The zero-order valence-corrected chi connectivity index (χ0v) is 15.3. The molecule has 1 saturated carbocycles. The van der Waals surface area contributed by atoms with Gasteiger partial charge in [0.25, 0.3) is 0 Å². The molecule has 0 radical (unpaired) electrons. The molecule has 7 heteroatoms. The van der Waals surface area contributed by atoms with Crippen LogP contribution in [0.4, 0.5) is 13.2 Å². The number of carbonyl (C=O) groups is 1. The second-order valence-corrected chi connectivity index (χ2v) is 7.36. The van der Waals surface area contributed by atoms with E-state index in [-0.39, 0.29) is 5.92 Å². The number of alkyl halides is 3. The lowest BCUT2D eigenvalue weighted by atomic mass is 9.99. The number of nitrogens with one attached hydrogen (secondary N) is 1. The molecule has 2 unspecified atom stereocenters. The highest BCUT2D eigenvalue weighted by Crippen LogP contribution is 2.54. The summed E-state index contributed by atoms with van der Waals surface area (Å²) in [4.78, 5) is 15.5.